The van der Waals surface area contributed by atoms with Crippen LogP contribution in [0.3, 0.4) is 0 Å². The highest BCUT2D eigenvalue weighted by atomic mass is 32.1. The highest BCUT2D eigenvalue weighted by Gasteiger charge is 2.36. The van der Waals surface area contributed by atoms with Gasteiger partial charge in [0.25, 0.3) is 0 Å². The lowest BCUT2D eigenvalue weighted by Crippen LogP contribution is -2.31. The Morgan fingerprint density at radius 2 is 1.92 bits per heavy atom. The summed E-state index contributed by atoms with van der Waals surface area (Å²) in [6.45, 7) is 8.61. The molecular weight excluding hydrogens is 342 g/mol. The lowest BCUT2D eigenvalue weighted by atomic mass is 9.84. The molecule has 2 aromatic rings. The molecule has 0 spiro atoms. The van der Waals surface area contributed by atoms with Gasteiger partial charge in [-0.1, -0.05) is 58.7 Å². The van der Waals surface area contributed by atoms with Gasteiger partial charge in [0.2, 0.25) is 5.91 Å². The van der Waals surface area contributed by atoms with E-state index in [1.54, 1.807) is 11.3 Å². The number of amides is 1. The highest BCUT2D eigenvalue weighted by Crippen LogP contribution is 2.45. The standard InChI is InChI=1S/C22H29NO2S/c1-5-12-23-21(25)16(13-14-10-11-14)18-15-8-6-7-9-17(15)26-19(18)20(24)22(2,3)4/h6-9,14,16H,5,10-13H2,1-4H3,(H,23,25). The zero-order chi connectivity index (χ0) is 18.9. The molecule has 140 valence electrons. The molecule has 0 saturated heterocycles. The third kappa shape index (κ3) is 4.01. The quantitative estimate of drug-likeness (QED) is 0.650. The van der Waals surface area contributed by atoms with Gasteiger partial charge in [0.15, 0.2) is 5.78 Å². The van der Waals surface area contributed by atoms with E-state index in [0.29, 0.717) is 12.5 Å². The van der Waals surface area contributed by atoms with Gasteiger partial charge in [0, 0.05) is 16.7 Å². The summed E-state index contributed by atoms with van der Waals surface area (Å²) in [5.41, 5.74) is 0.505. The zero-order valence-corrected chi connectivity index (χ0v) is 17.0. The molecule has 0 aliphatic heterocycles. The summed E-state index contributed by atoms with van der Waals surface area (Å²) in [4.78, 5) is 27.0. The summed E-state index contributed by atoms with van der Waals surface area (Å²) in [5, 5.41) is 4.15. The fraction of sp³-hybridized carbons (Fsp3) is 0.545. The summed E-state index contributed by atoms with van der Waals surface area (Å²) in [5.74, 6) is 0.596. The molecule has 1 fully saturated rings. The summed E-state index contributed by atoms with van der Waals surface area (Å²) in [7, 11) is 0. The van der Waals surface area contributed by atoms with E-state index in [1.165, 1.54) is 12.8 Å². The number of hydrogen-bond donors (Lipinski definition) is 1. The van der Waals surface area contributed by atoms with E-state index in [1.807, 2.05) is 32.9 Å². The van der Waals surface area contributed by atoms with Gasteiger partial charge in [-0.05, 0) is 35.8 Å². The van der Waals surface area contributed by atoms with Crippen LogP contribution in [0.5, 0.6) is 0 Å². The SMILES string of the molecule is CCCNC(=O)C(CC1CC1)c1c(C(=O)C(C)(C)C)sc2ccccc12. The normalized spacial score (nSPS) is 15.8. The molecule has 1 aliphatic rings. The molecule has 26 heavy (non-hydrogen) atoms. The van der Waals surface area contributed by atoms with E-state index in [2.05, 4.69) is 24.4 Å². The molecule has 0 bridgehead atoms. The maximum absolute atomic E-state index is 13.2. The zero-order valence-electron chi connectivity index (χ0n) is 16.2. The molecule has 1 amide bonds. The van der Waals surface area contributed by atoms with E-state index in [-0.39, 0.29) is 17.6 Å². The number of carbonyl (C=O) groups is 2. The van der Waals surface area contributed by atoms with Crippen molar-refractivity contribution in [2.45, 2.75) is 59.3 Å². The van der Waals surface area contributed by atoms with Crippen molar-refractivity contribution in [3.05, 3.63) is 34.7 Å². The van der Waals surface area contributed by atoms with Gasteiger partial charge in [-0.25, -0.2) is 0 Å². The first-order chi connectivity index (χ1) is 12.3. The fourth-order valence-electron chi connectivity index (χ4n) is 3.33. The Balaban J connectivity index is 2.11. The summed E-state index contributed by atoms with van der Waals surface area (Å²) in [6.07, 6.45) is 4.16. The van der Waals surface area contributed by atoms with Crippen LogP contribution < -0.4 is 5.32 Å². The van der Waals surface area contributed by atoms with Crippen molar-refractivity contribution in [1.29, 1.82) is 0 Å². The van der Waals surface area contributed by atoms with Gasteiger partial charge in [0.05, 0.1) is 10.8 Å². The second-order valence-corrected chi connectivity index (χ2v) is 9.50. The van der Waals surface area contributed by atoms with Gasteiger partial charge >= 0.3 is 0 Å². The number of nitrogens with one attached hydrogen (secondary N) is 1. The van der Waals surface area contributed by atoms with Gasteiger partial charge in [-0.2, -0.15) is 0 Å². The predicted molar refractivity (Wildman–Crippen MR) is 109 cm³/mol. The molecule has 1 aromatic carbocycles. The lowest BCUT2D eigenvalue weighted by Gasteiger charge is -2.21. The Bertz CT molecular complexity index is 811. The fourth-order valence-corrected chi connectivity index (χ4v) is 4.75. The number of thiophene rings is 1. The Kier molecular flexibility index (Phi) is 5.52. The van der Waals surface area contributed by atoms with Crippen LogP contribution in [0, 0.1) is 11.3 Å². The smallest absolute Gasteiger partial charge is 0.227 e. The topological polar surface area (TPSA) is 46.2 Å². The molecule has 1 heterocycles. The summed E-state index contributed by atoms with van der Waals surface area (Å²) >= 11 is 1.55. The molecule has 1 aromatic heterocycles. The first-order valence-electron chi connectivity index (χ1n) is 9.66. The minimum absolute atomic E-state index is 0.0743. The number of benzene rings is 1. The first kappa shape index (κ1) is 19.1. The molecule has 3 rings (SSSR count). The Morgan fingerprint density at radius 1 is 1.23 bits per heavy atom. The number of rotatable bonds is 7. The second-order valence-electron chi connectivity index (χ2n) is 8.44. The van der Waals surface area contributed by atoms with Gasteiger partial charge in [0.1, 0.15) is 0 Å². The molecule has 1 unspecified atom stereocenters. The van der Waals surface area contributed by atoms with E-state index >= 15 is 0 Å². The second kappa shape index (κ2) is 7.51. The monoisotopic (exact) mass is 371 g/mol. The maximum atomic E-state index is 13.2. The van der Waals surface area contributed by atoms with E-state index in [9.17, 15) is 9.59 Å². The molecule has 1 N–H and O–H groups in total. The highest BCUT2D eigenvalue weighted by molar-refractivity contribution is 7.21. The third-order valence-electron chi connectivity index (χ3n) is 5.00. The van der Waals surface area contributed by atoms with Crippen molar-refractivity contribution in [3.8, 4) is 0 Å². The average molecular weight is 372 g/mol. The van der Waals surface area contributed by atoms with Crippen LogP contribution in [0.15, 0.2) is 24.3 Å². The van der Waals surface area contributed by atoms with Crippen molar-refractivity contribution < 1.29 is 9.59 Å². The van der Waals surface area contributed by atoms with Crippen LogP contribution in [-0.4, -0.2) is 18.2 Å². The number of hydrogen-bond acceptors (Lipinski definition) is 3. The minimum Gasteiger partial charge on any atom is -0.356 e. The minimum atomic E-state index is -0.459. The molecular formula is C22H29NO2S. The van der Waals surface area contributed by atoms with Crippen molar-refractivity contribution in [2.75, 3.05) is 6.54 Å². The van der Waals surface area contributed by atoms with Crippen LogP contribution in [0.4, 0.5) is 0 Å². The summed E-state index contributed by atoms with van der Waals surface area (Å²) in [6, 6.07) is 8.12. The van der Waals surface area contributed by atoms with E-state index in [4.69, 9.17) is 0 Å². The maximum Gasteiger partial charge on any atom is 0.227 e. The Hall–Kier alpha value is -1.68. The largest absolute Gasteiger partial charge is 0.356 e. The molecule has 1 saturated carbocycles. The molecule has 4 heteroatoms. The van der Waals surface area contributed by atoms with Crippen molar-refractivity contribution >= 4 is 33.1 Å². The van der Waals surface area contributed by atoms with Gasteiger partial charge < -0.3 is 5.32 Å². The van der Waals surface area contributed by atoms with Crippen molar-refractivity contribution in [2.24, 2.45) is 11.3 Å². The Morgan fingerprint density at radius 3 is 2.54 bits per heavy atom. The third-order valence-corrected chi connectivity index (χ3v) is 6.19. The number of carbonyl (C=O) groups excluding carboxylic acids is 2. The average Bonchev–Trinajstić information content (AvgIpc) is 3.34. The van der Waals surface area contributed by atoms with Crippen LogP contribution in [0.1, 0.15) is 74.5 Å². The van der Waals surface area contributed by atoms with Crippen LogP contribution >= 0.6 is 11.3 Å². The first-order valence-corrected chi connectivity index (χ1v) is 10.5. The van der Waals surface area contributed by atoms with Crippen LogP contribution in [-0.2, 0) is 4.79 Å². The van der Waals surface area contributed by atoms with E-state index < -0.39 is 5.41 Å². The lowest BCUT2D eigenvalue weighted by molar-refractivity contribution is -0.122. The molecule has 1 aliphatic carbocycles. The number of Topliss-reactive ketones (excluding diaryl/α,β-unsaturated/α-hetero) is 1. The van der Waals surface area contributed by atoms with Crippen LogP contribution in [0.25, 0.3) is 10.1 Å². The molecule has 0 radical (unpaired) electrons. The van der Waals surface area contributed by atoms with Crippen LogP contribution in [0.2, 0.25) is 0 Å². The van der Waals surface area contributed by atoms with Gasteiger partial charge in [-0.3, -0.25) is 9.59 Å². The molecule has 1 atom stereocenters. The molecule has 3 nitrogen and oxygen atoms in total. The predicted octanol–water partition coefficient (Wildman–Crippen LogP) is 5.54. The van der Waals surface area contributed by atoms with Gasteiger partial charge in [-0.15, -0.1) is 11.3 Å². The number of ketones is 1. The number of fused-ring (bicyclic) bond motifs is 1. The van der Waals surface area contributed by atoms with E-state index in [0.717, 1.165) is 33.4 Å². The Labute approximate surface area is 160 Å². The van der Waals surface area contributed by atoms with Crippen molar-refractivity contribution in [1.82, 2.24) is 5.32 Å². The summed E-state index contributed by atoms with van der Waals surface area (Å²) < 4.78 is 1.10. The van der Waals surface area contributed by atoms with Crippen molar-refractivity contribution in [3.63, 3.8) is 0 Å².